The van der Waals surface area contributed by atoms with Gasteiger partial charge in [0.15, 0.2) is 0 Å². The molecule has 1 unspecified atom stereocenters. The molecule has 7 heteroatoms. The van der Waals surface area contributed by atoms with Gasteiger partial charge in [0.25, 0.3) is 0 Å². The van der Waals surface area contributed by atoms with Gasteiger partial charge in [0.05, 0.1) is 19.6 Å². The molecule has 7 nitrogen and oxygen atoms in total. The topological polar surface area (TPSA) is 80.5 Å². The Kier molecular flexibility index (Phi) is 7.17. The van der Waals surface area contributed by atoms with Crippen molar-refractivity contribution in [2.75, 3.05) is 26.7 Å². The van der Waals surface area contributed by atoms with Crippen LogP contribution >= 0.6 is 0 Å². The first kappa shape index (κ1) is 22.0. The number of likely N-dealkylation sites (tertiary alicyclic amines) is 1. The first-order valence-electron chi connectivity index (χ1n) is 11.1. The van der Waals surface area contributed by atoms with Crippen molar-refractivity contribution >= 4 is 5.91 Å². The number of amides is 1. The highest BCUT2D eigenvalue weighted by atomic mass is 16.5. The van der Waals surface area contributed by atoms with Crippen molar-refractivity contribution in [2.24, 2.45) is 5.92 Å². The van der Waals surface area contributed by atoms with Gasteiger partial charge in [0.2, 0.25) is 17.6 Å². The van der Waals surface area contributed by atoms with Crippen LogP contribution in [0.1, 0.15) is 29.9 Å². The average molecular weight is 435 g/mol. The second kappa shape index (κ2) is 10.4. The lowest BCUT2D eigenvalue weighted by molar-refractivity contribution is -0.126. The summed E-state index contributed by atoms with van der Waals surface area (Å²) < 4.78 is 10.7. The van der Waals surface area contributed by atoms with Gasteiger partial charge in [-0.2, -0.15) is 4.98 Å². The number of hydrogen-bond donors (Lipinski definition) is 1. The molecular weight excluding hydrogens is 404 g/mol. The van der Waals surface area contributed by atoms with E-state index in [1.54, 1.807) is 7.11 Å². The van der Waals surface area contributed by atoms with Crippen molar-refractivity contribution in [3.63, 3.8) is 0 Å². The molecule has 2 heterocycles. The lowest BCUT2D eigenvalue weighted by Crippen LogP contribution is -2.43. The van der Waals surface area contributed by atoms with Gasteiger partial charge in [0, 0.05) is 18.7 Å². The highest BCUT2D eigenvalue weighted by Gasteiger charge is 2.26. The molecule has 0 spiro atoms. The van der Waals surface area contributed by atoms with Crippen LogP contribution in [0.5, 0.6) is 5.75 Å². The zero-order chi connectivity index (χ0) is 22.3. The summed E-state index contributed by atoms with van der Waals surface area (Å²) in [6, 6.07) is 16.0. The second-order valence-electron chi connectivity index (χ2n) is 8.34. The minimum atomic E-state index is -0.0150. The summed E-state index contributed by atoms with van der Waals surface area (Å²) in [6.07, 6.45) is 2.69. The Labute approximate surface area is 188 Å². The van der Waals surface area contributed by atoms with Gasteiger partial charge in [-0.05, 0) is 56.5 Å². The van der Waals surface area contributed by atoms with Crippen molar-refractivity contribution in [1.29, 1.82) is 0 Å². The van der Waals surface area contributed by atoms with Gasteiger partial charge in [-0.3, -0.25) is 9.69 Å². The zero-order valence-corrected chi connectivity index (χ0v) is 18.7. The number of carbonyl (C=O) groups is 1. The number of nitrogens with zero attached hydrogens (tertiary/aromatic N) is 3. The molecule has 1 atom stereocenters. The summed E-state index contributed by atoms with van der Waals surface area (Å²) in [5.41, 5.74) is 3.29. The number of nitrogens with one attached hydrogen (secondary N) is 1. The molecule has 0 aliphatic carbocycles. The molecule has 0 bridgehead atoms. The molecule has 168 valence electrons. The molecule has 1 aliphatic rings. The Balaban J connectivity index is 1.26. The van der Waals surface area contributed by atoms with Crippen LogP contribution < -0.4 is 10.1 Å². The predicted molar refractivity (Wildman–Crippen MR) is 122 cm³/mol. The summed E-state index contributed by atoms with van der Waals surface area (Å²) >= 11 is 0. The Bertz CT molecular complexity index is 1030. The zero-order valence-electron chi connectivity index (χ0n) is 18.7. The van der Waals surface area contributed by atoms with Gasteiger partial charge in [0.1, 0.15) is 5.75 Å². The first-order chi connectivity index (χ1) is 15.6. The molecule has 1 amide bonds. The fourth-order valence-electron chi connectivity index (χ4n) is 4.09. The molecule has 1 fully saturated rings. The maximum absolute atomic E-state index is 12.7. The van der Waals surface area contributed by atoms with Gasteiger partial charge >= 0.3 is 0 Å². The van der Waals surface area contributed by atoms with Crippen LogP contribution in [0.15, 0.2) is 53.1 Å². The van der Waals surface area contributed by atoms with Gasteiger partial charge < -0.3 is 14.6 Å². The standard InChI is InChI=1S/C25H30N4O3/c1-18-5-3-6-20(15-18)24-27-23(32-28-24)17-29-14-4-7-21(16-29)25(30)26-13-12-19-8-10-22(31-2)11-9-19/h3,5-6,8-11,15,21H,4,7,12-14,16-17H2,1-2H3,(H,26,30). The smallest absolute Gasteiger partial charge is 0.241 e. The lowest BCUT2D eigenvalue weighted by atomic mass is 9.97. The van der Waals surface area contributed by atoms with E-state index in [0.29, 0.717) is 31.3 Å². The van der Waals surface area contributed by atoms with Gasteiger partial charge in [-0.15, -0.1) is 0 Å². The Morgan fingerprint density at radius 2 is 2.09 bits per heavy atom. The fourth-order valence-corrected chi connectivity index (χ4v) is 4.09. The van der Waals surface area contributed by atoms with E-state index in [4.69, 9.17) is 9.26 Å². The summed E-state index contributed by atoms with van der Waals surface area (Å²) in [6.45, 7) is 4.87. The third kappa shape index (κ3) is 5.73. The number of benzene rings is 2. The molecule has 32 heavy (non-hydrogen) atoms. The van der Waals surface area contributed by atoms with E-state index in [0.717, 1.165) is 42.7 Å². The third-order valence-corrected chi connectivity index (χ3v) is 5.85. The Hall–Kier alpha value is -3.19. The van der Waals surface area contributed by atoms with Crippen LogP contribution in [0.4, 0.5) is 0 Å². The number of methoxy groups -OCH3 is 1. The summed E-state index contributed by atoms with van der Waals surface area (Å²) in [5, 5.41) is 7.22. The SMILES string of the molecule is COc1ccc(CCNC(=O)C2CCCN(Cc3nc(-c4cccc(C)c4)no3)C2)cc1. The molecule has 3 aromatic rings. The Morgan fingerprint density at radius 3 is 2.88 bits per heavy atom. The van der Waals surface area contributed by atoms with Crippen molar-refractivity contribution in [2.45, 2.75) is 32.7 Å². The number of ether oxygens (including phenoxy) is 1. The van der Waals surface area contributed by atoms with Crippen molar-refractivity contribution < 1.29 is 14.1 Å². The van der Waals surface area contributed by atoms with Crippen molar-refractivity contribution in [1.82, 2.24) is 20.4 Å². The molecular formula is C25H30N4O3. The van der Waals surface area contributed by atoms with E-state index >= 15 is 0 Å². The van der Waals surface area contributed by atoms with E-state index in [1.165, 1.54) is 5.56 Å². The molecule has 1 saturated heterocycles. The second-order valence-corrected chi connectivity index (χ2v) is 8.34. The van der Waals surface area contributed by atoms with Crippen LogP contribution in [0, 0.1) is 12.8 Å². The lowest BCUT2D eigenvalue weighted by Gasteiger charge is -2.30. The maximum atomic E-state index is 12.7. The Morgan fingerprint density at radius 1 is 1.25 bits per heavy atom. The highest BCUT2D eigenvalue weighted by Crippen LogP contribution is 2.21. The van der Waals surface area contributed by atoms with Crippen LogP contribution in [-0.2, 0) is 17.8 Å². The van der Waals surface area contributed by atoms with Crippen LogP contribution in [0.3, 0.4) is 0 Å². The van der Waals surface area contributed by atoms with Crippen LogP contribution in [-0.4, -0.2) is 47.7 Å². The molecule has 0 radical (unpaired) electrons. The normalized spacial score (nSPS) is 16.6. The van der Waals surface area contributed by atoms with E-state index < -0.39 is 0 Å². The van der Waals surface area contributed by atoms with E-state index in [9.17, 15) is 4.79 Å². The number of aromatic nitrogens is 2. The maximum Gasteiger partial charge on any atom is 0.241 e. The summed E-state index contributed by atoms with van der Waals surface area (Å²) in [4.78, 5) is 19.5. The minimum Gasteiger partial charge on any atom is -0.497 e. The highest BCUT2D eigenvalue weighted by molar-refractivity contribution is 5.79. The molecule has 1 aromatic heterocycles. The minimum absolute atomic E-state index is 0.0150. The number of aryl methyl sites for hydroxylation is 1. The van der Waals surface area contributed by atoms with Gasteiger partial charge in [-0.1, -0.05) is 41.1 Å². The van der Waals surface area contributed by atoms with E-state index in [2.05, 4.69) is 20.4 Å². The summed E-state index contributed by atoms with van der Waals surface area (Å²) in [5.74, 6) is 2.14. The van der Waals surface area contributed by atoms with E-state index in [-0.39, 0.29) is 11.8 Å². The van der Waals surface area contributed by atoms with Crippen LogP contribution in [0.25, 0.3) is 11.4 Å². The number of rotatable bonds is 8. The third-order valence-electron chi connectivity index (χ3n) is 5.85. The number of piperidine rings is 1. The average Bonchev–Trinajstić information content (AvgIpc) is 3.28. The molecule has 0 saturated carbocycles. The first-order valence-corrected chi connectivity index (χ1v) is 11.1. The van der Waals surface area contributed by atoms with Crippen LogP contribution in [0.2, 0.25) is 0 Å². The fraction of sp³-hybridized carbons (Fsp3) is 0.400. The molecule has 4 rings (SSSR count). The molecule has 2 aromatic carbocycles. The number of hydrogen-bond acceptors (Lipinski definition) is 6. The quantitative estimate of drug-likeness (QED) is 0.583. The predicted octanol–water partition coefficient (Wildman–Crippen LogP) is 3.62. The monoisotopic (exact) mass is 434 g/mol. The van der Waals surface area contributed by atoms with Gasteiger partial charge in [-0.25, -0.2) is 0 Å². The molecule has 1 aliphatic heterocycles. The largest absolute Gasteiger partial charge is 0.497 e. The summed E-state index contributed by atoms with van der Waals surface area (Å²) in [7, 11) is 1.66. The number of carbonyl (C=O) groups excluding carboxylic acids is 1. The van der Waals surface area contributed by atoms with Crippen molar-refractivity contribution in [3.05, 3.63) is 65.5 Å². The van der Waals surface area contributed by atoms with E-state index in [1.807, 2.05) is 55.5 Å². The van der Waals surface area contributed by atoms with Crippen molar-refractivity contribution in [3.8, 4) is 17.1 Å². The molecule has 1 N–H and O–H groups in total.